The predicted molar refractivity (Wildman–Crippen MR) is 282 cm³/mol. The lowest BCUT2D eigenvalue weighted by Gasteiger charge is -2.30. The Labute approximate surface area is 397 Å². The van der Waals surface area contributed by atoms with Crippen LogP contribution in [0.4, 0.5) is 22.7 Å². The van der Waals surface area contributed by atoms with Crippen LogP contribution in [0.2, 0.25) is 0 Å². The summed E-state index contributed by atoms with van der Waals surface area (Å²) in [6.07, 6.45) is 1.93. The summed E-state index contributed by atoms with van der Waals surface area (Å²) >= 11 is 0. The molecule has 1 aliphatic rings. The standard InChI is InChI=1S/C62H62N4O/c1-59(2,3)44-24-19-25-48(34-44)64-41-65(57-37-46(28-31-55(57)64)61(7,8)42-20-13-11-14-21-42)49-35-47(62(9,10)43-22-15-12-16-23-43)36-51(39-49)67-50-29-30-53-52-26-17-18-27-54(52)66(56(53)40-50)58-38-45(32-33-63-58)60(4,5)6/h11-40H,41H2,1-10H3. The van der Waals surface area contributed by atoms with E-state index in [1.54, 1.807) is 0 Å². The van der Waals surface area contributed by atoms with Gasteiger partial charge in [0.05, 0.1) is 22.4 Å². The normalized spacial score (nSPS) is 13.4. The second-order valence-corrected chi connectivity index (χ2v) is 21.5. The van der Waals surface area contributed by atoms with Gasteiger partial charge in [0.1, 0.15) is 24.0 Å². The molecule has 0 bridgehead atoms. The van der Waals surface area contributed by atoms with Gasteiger partial charge in [-0.1, -0.05) is 166 Å². The first-order chi connectivity index (χ1) is 32.0. The maximum absolute atomic E-state index is 7.14. The van der Waals surface area contributed by atoms with E-state index in [1.165, 1.54) is 55.8 Å². The molecule has 9 aromatic rings. The van der Waals surface area contributed by atoms with Crippen molar-refractivity contribution in [3.63, 3.8) is 0 Å². The molecule has 2 aromatic heterocycles. The number of benzene rings is 7. The van der Waals surface area contributed by atoms with Gasteiger partial charge in [0, 0.05) is 51.3 Å². The molecule has 10 rings (SSSR count). The lowest BCUT2D eigenvalue weighted by atomic mass is 9.77. The van der Waals surface area contributed by atoms with Crippen molar-refractivity contribution in [2.24, 2.45) is 0 Å². The van der Waals surface area contributed by atoms with E-state index < -0.39 is 0 Å². The Kier molecular flexibility index (Phi) is 10.7. The Hall–Kier alpha value is -7.11. The maximum atomic E-state index is 7.14. The fourth-order valence-corrected chi connectivity index (χ4v) is 9.84. The number of anilines is 4. The summed E-state index contributed by atoms with van der Waals surface area (Å²) in [4.78, 5) is 9.90. The van der Waals surface area contributed by atoms with Gasteiger partial charge in [-0.15, -0.1) is 0 Å². The summed E-state index contributed by atoms with van der Waals surface area (Å²) in [7, 11) is 0. The molecule has 1 aliphatic heterocycles. The van der Waals surface area contributed by atoms with E-state index in [0.717, 1.165) is 39.4 Å². The molecule has 0 atom stereocenters. The van der Waals surface area contributed by atoms with Crippen molar-refractivity contribution in [1.29, 1.82) is 0 Å². The summed E-state index contributed by atoms with van der Waals surface area (Å²) in [5.41, 5.74) is 13.7. The number of hydrogen-bond acceptors (Lipinski definition) is 4. The van der Waals surface area contributed by atoms with Crippen LogP contribution in [0.5, 0.6) is 11.5 Å². The Morgan fingerprint density at radius 3 is 1.70 bits per heavy atom. The van der Waals surface area contributed by atoms with E-state index in [-0.39, 0.29) is 21.7 Å². The van der Waals surface area contributed by atoms with E-state index >= 15 is 0 Å². The zero-order valence-corrected chi connectivity index (χ0v) is 40.7. The molecule has 67 heavy (non-hydrogen) atoms. The van der Waals surface area contributed by atoms with Crippen molar-refractivity contribution < 1.29 is 4.74 Å². The van der Waals surface area contributed by atoms with Crippen LogP contribution in [-0.2, 0) is 21.7 Å². The van der Waals surface area contributed by atoms with E-state index in [1.807, 2.05) is 6.20 Å². The third kappa shape index (κ3) is 8.05. The highest BCUT2D eigenvalue weighted by Gasteiger charge is 2.34. The number of nitrogens with zero attached hydrogens (tertiary/aromatic N) is 4. The second-order valence-electron chi connectivity index (χ2n) is 21.5. The van der Waals surface area contributed by atoms with Crippen LogP contribution in [0, 0.1) is 0 Å². The first-order valence-corrected chi connectivity index (χ1v) is 23.7. The summed E-state index contributed by atoms with van der Waals surface area (Å²) in [6, 6.07) is 64.1. The molecule has 0 N–H and O–H groups in total. The predicted octanol–water partition coefficient (Wildman–Crippen LogP) is 16.5. The number of rotatable bonds is 9. The van der Waals surface area contributed by atoms with Crippen molar-refractivity contribution in [2.45, 2.75) is 90.9 Å². The van der Waals surface area contributed by atoms with Gasteiger partial charge >= 0.3 is 0 Å². The van der Waals surface area contributed by atoms with Crippen LogP contribution in [0.3, 0.4) is 0 Å². The Balaban J connectivity index is 1.14. The molecule has 0 saturated carbocycles. The highest BCUT2D eigenvalue weighted by Crippen LogP contribution is 2.49. The molecular weight excluding hydrogens is 817 g/mol. The van der Waals surface area contributed by atoms with Crippen LogP contribution < -0.4 is 14.5 Å². The van der Waals surface area contributed by atoms with Gasteiger partial charge in [-0.2, -0.15) is 0 Å². The minimum atomic E-state index is -0.337. The summed E-state index contributed by atoms with van der Waals surface area (Å²) < 4.78 is 9.42. The molecule has 0 unspecified atom stereocenters. The lowest BCUT2D eigenvalue weighted by molar-refractivity contribution is 0.480. The number of para-hydroxylation sites is 1. The third-order valence-corrected chi connectivity index (χ3v) is 14.2. The highest BCUT2D eigenvalue weighted by atomic mass is 16.5. The van der Waals surface area contributed by atoms with E-state index in [9.17, 15) is 0 Å². The Bertz CT molecular complexity index is 3280. The quantitative estimate of drug-likeness (QED) is 0.145. The van der Waals surface area contributed by atoms with Crippen molar-refractivity contribution in [1.82, 2.24) is 9.55 Å². The second kappa shape index (κ2) is 16.3. The number of ether oxygens (including phenoxy) is 1. The van der Waals surface area contributed by atoms with Crippen molar-refractivity contribution in [3.8, 4) is 17.3 Å². The number of aromatic nitrogens is 2. The fourth-order valence-electron chi connectivity index (χ4n) is 9.84. The molecule has 7 aromatic carbocycles. The molecule has 336 valence electrons. The van der Waals surface area contributed by atoms with Crippen LogP contribution >= 0.6 is 0 Å². The van der Waals surface area contributed by atoms with Crippen molar-refractivity contribution in [2.75, 3.05) is 16.5 Å². The average molecular weight is 879 g/mol. The first-order valence-electron chi connectivity index (χ1n) is 23.7. The SMILES string of the molecule is CC(C)(C)c1cccc(N2CN(c3cc(Oc4ccc5c6ccccc6n(-c6cc(C(C)(C)C)ccn6)c5c4)cc(C(C)(C)c4ccccc4)c3)c3cc(C(C)(C)c4ccccc4)ccc32)c1. The Morgan fingerprint density at radius 2 is 1.00 bits per heavy atom. The van der Waals surface area contributed by atoms with Gasteiger partial charge in [0.25, 0.3) is 0 Å². The molecule has 5 nitrogen and oxygen atoms in total. The summed E-state index contributed by atoms with van der Waals surface area (Å²) in [5.74, 6) is 2.44. The monoisotopic (exact) mass is 878 g/mol. The molecular formula is C62H62N4O. The minimum absolute atomic E-state index is 0.00968. The molecule has 5 heteroatoms. The van der Waals surface area contributed by atoms with Gasteiger partial charge in [0.15, 0.2) is 0 Å². The van der Waals surface area contributed by atoms with Crippen LogP contribution in [0.1, 0.15) is 103 Å². The average Bonchev–Trinajstić information content (AvgIpc) is 3.87. The van der Waals surface area contributed by atoms with E-state index in [2.05, 4.69) is 260 Å². The first kappa shape index (κ1) is 43.8. The smallest absolute Gasteiger partial charge is 0.137 e. The highest BCUT2D eigenvalue weighted by molar-refractivity contribution is 6.09. The summed E-state index contributed by atoms with van der Waals surface area (Å²) in [5, 5.41) is 2.34. The van der Waals surface area contributed by atoms with Crippen molar-refractivity contribution >= 4 is 44.6 Å². The van der Waals surface area contributed by atoms with E-state index in [0.29, 0.717) is 6.67 Å². The molecule has 3 heterocycles. The zero-order valence-electron chi connectivity index (χ0n) is 40.7. The van der Waals surface area contributed by atoms with Crippen LogP contribution in [0.25, 0.3) is 27.6 Å². The zero-order chi connectivity index (χ0) is 46.9. The number of hydrogen-bond donors (Lipinski definition) is 0. The lowest BCUT2D eigenvalue weighted by Crippen LogP contribution is -2.25. The molecule has 0 radical (unpaired) electrons. The summed E-state index contributed by atoms with van der Waals surface area (Å²) in [6.45, 7) is 23.5. The van der Waals surface area contributed by atoms with Gasteiger partial charge in [-0.05, 0) is 111 Å². The van der Waals surface area contributed by atoms with Gasteiger partial charge < -0.3 is 14.5 Å². The van der Waals surface area contributed by atoms with Crippen LogP contribution in [0.15, 0.2) is 182 Å². The molecule has 0 aliphatic carbocycles. The minimum Gasteiger partial charge on any atom is -0.457 e. The number of fused-ring (bicyclic) bond motifs is 4. The number of pyridine rings is 1. The van der Waals surface area contributed by atoms with Gasteiger partial charge in [-0.3, -0.25) is 4.57 Å². The molecule has 0 spiro atoms. The maximum Gasteiger partial charge on any atom is 0.137 e. The molecule has 0 fully saturated rings. The largest absolute Gasteiger partial charge is 0.457 e. The van der Waals surface area contributed by atoms with Gasteiger partial charge in [0.2, 0.25) is 0 Å². The van der Waals surface area contributed by atoms with Crippen molar-refractivity contribution in [3.05, 3.63) is 216 Å². The third-order valence-electron chi connectivity index (χ3n) is 14.2. The van der Waals surface area contributed by atoms with Crippen LogP contribution in [-0.4, -0.2) is 16.2 Å². The van der Waals surface area contributed by atoms with E-state index in [4.69, 9.17) is 9.72 Å². The Morgan fingerprint density at radius 1 is 0.403 bits per heavy atom. The molecule has 0 saturated heterocycles. The van der Waals surface area contributed by atoms with Gasteiger partial charge in [-0.25, -0.2) is 4.98 Å². The topological polar surface area (TPSA) is 33.5 Å². The fraction of sp³-hybridized carbons (Fsp3) is 0.242. The molecule has 0 amide bonds.